The van der Waals surface area contributed by atoms with Crippen LogP contribution in [0.3, 0.4) is 0 Å². The number of rotatable bonds is 3. The number of nitrogens with zero attached hydrogens (tertiary/aromatic N) is 1. The molecule has 0 aliphatic rings. The first kappa shape index (κ1) is 12.2. The van der Waals surface area contributed by atoms with Crippen molar-refractivity contribution >= 4 is 17.4 Å². The second-order valence-electron chi connectivity index (χ2n) is 4.44. The number of aromatic nitrogens is 2. The van der Waals surface area contributed by atoms with E-state index in [1.807, 2.05) is 6.07 Å². The molecule has 0 radical (unpaired) electrons. The standard InChI is InChI=1S/C13H16N4O/c1-8(2)11-7-12(17-16-11)15-13(18)9-3-5-10(14)6-4-9/h3-8H,14H2,1-2H3,(H2,15,16,17,18). The summed E-state index contributed by atoms with van der Waals surface area (Å²) in [6.07, 6.45) is 0. The Morgan fingerprint density at radius 3 is 2.56 bits per heavy atom. The fraction of sp³-hybridized carbons (Fsp3) is 0.231. The number of aromatic amines is 1. The molecule has 5 heteroatoms. The number of carbonyl (C=O) groups excluding carboxylic acids is 1. The van der Waals surface area contributed by atoms with Gasteiger partial charge in [-0.25, -0.2) is 0 Å². The van der Waals surface area contributed by atoms with E-state index < -0.39 is 0 Å². The van der Waals surface area contributed by atoms with Crippen LogP contribution in [0.1, 0.15) is 35.8 Å². The van der Waals surface area contributed by atoms with Gasteiger partial charge in [-0.1, -0.05) is 13.8 Å². The van der Waals surface area contributed by atoms with Gasteiger partial charge in [0.25, 0.3) is 5.91 Å². The number of anilines is 2. The summed E-state index contributed by atoms with van der Waals surface area (Å²) in [4.78, 5) is 11.9. The van der Waals surface area contributed by atoms with Crippen LogP contribution in [-0.2, 0) is 0 Å². The Hall–Kier alpha value is -2.30. The van der Waals surface area contributed by atoms with E-state index in [1.165, 1.54) is 0 Å². The Morgan fingerprint density at radius 1 is 1.33 bits per heavy atom. The molecule has 18 heavy (non-hydrogen) atoms. The molecule has 0 fully saturated rings. The maximum absolute atomic E-state index is 11.9. The lowest BCUT2D eigenvalue weighted by atomic mass is 10.1. The molecular weight excluding hydrogens is 228 g/mol. The summed E-state index contributed by atoms with van der Waals surface area (Å²) in [5, 5.41) is 9.66. The topological polar surface area (TPSA) is 83.8 Å². The molecule has 0 unspecified atom stereocenters. The highest BCUT2D eigenvalue weighted by Crippen LogP contribution is 2.15. The SMILES string of the molecule is CC(C)c1cc(NC(=O)c2ccc(N)cc2)n[nH]1. The van der Waals surface area contributed by atoms with Crippen LogP contribution in [0.25, 0.3) is 0 Å². The Morgan fingerprint density at radius 2 is 2.00 bits per heavy atom. The molecule has 0 aliphatic heterocycles. The molecule has 94 valence electrons. The second-order valence-corrected chi connectivity index (χ2v) is 4.44. The van der Waals surface area contributed by atoms with Gasteiger partial charge in [0.2, 0.25) is 0 Å². The Bertz CT molecular complexity index is 542. The summed E-state index contributed by atoms with van der Waals surface area (Å²) in [6, 6.07) is 8.58. The van der Waals surface area contributed by atoms with Crippen molar-refractivity contribution in [2.75, 3.05) is 11.1 Å². The van der Waals surface area contributed by atoms with Gasteiger partial charge in [0.05, 0.1) is 0 Å². The fourth-order valence-corrected chi connectivity index (χ4v) is 1.52. The van der Waals surface area contributed by atoms with E-state index in [2.05, 4.69) is 29.4 Å². The van der Waals surface area contributed by atoms with Gasteiger partial charge in [-0.3, -0.25) is 9.89 Å². The van der Waals surface area contributed by atoms with Gasteiger partial charge >= 0.3 is 0 Å². The van der Waals surface area contributed by atoms with Gasteiger partial charge in [0.15, 0.2) is 5.82 Å². The summed E-state index contributed by atoms with van der Waals surface area (Å²) in [7, 11) is 0. The summed E-state index contributed by atoms with van der Waals surface area (Å²) < 4.78 is 0. The van der Waals surface area contributed by atoms with Crippen molar-refractivity contribution in [1.82, 2.24) is 10.2 Å². The molecule has 0 saturated carbocycles. The van der Waals surface area contributed by atoms with Crippen molar-refractivity contribution in [3.63, 3.8) is 0 Å². The quantitative estimate of drug-likeness (QED) is 0.725. The lowest BCUT2D eigenvalue weighted by molar-refractivity contribution is 0.102. The third-order valence-electron chi connectivity index (χ3n) is 2.63. The average Bonchev–Trinajstić information content (AvgIpc) is 2.78. The molecule has 5 nitrogen and oxygen atoms in total. The van der Waals surface area contributed by atoms with Gasteiger partial charge in [-0.2, -0.15) is 5.10 Å². The van der Waals surface area contributed by atoms with Crippen LogP contribution in [0.2, 0.25) is 0 Å². The van der Waals surface area contributed by atoms with Gasteiger partial charge in [0, 0.05) is 23.0 Å². The lowest BCUT2D eigenvalue weighted by Crippen LogP contribution is -2.12. The van der Waals surface area contributed by atoms with E-state index in [0.29, 0.717) is 23.0 Å². The summed E-state index contributed by atoms with van der Waals surface area (Å²) in [6.45, 7) is 4.11. The predicted octanol–water partition coefficient (Wildman–Crippen LogP) is 2.37. The number of carbonyl (C=O) groups is 1. The largest absolute Gasteiger partial charge is 0.399 e. The number of hydrogen-bond acceptors (Lipinski definition) is 3. The van der Waals surface area contributed by atoms with Gasteiger partial charge in [0.1, 0.15) is 0 Å². The first-order valence-electron chi connectivity index (χ1n) is 5.78. The Balaban J connectivity index is 2.08. The number of nitrogens with one attached hydrogen (secondary N) is 2. The fourth-order valence-electron chi connectivity index (χ4n) is 1.52. The van der Waals surface area contributed by atoms with E-state index in [-0.39, 0.29) is 5.91 Å². The van der Waals surface area contributed by atoms with E-state index >= 15 is 0 Å². The minimum Gasteiger partial charge on any atom is -0.399 e. The highest BCUT2D eigenvalue weighted by molar-refractivity contribution is 6.03. The molecule has 1 heterocycles. The molecule has 0 aliphatic carbocycles. The summed E-state index contributed by atoms with van der Waals surface area (Å²) in [5.74, 6) is 0.678. The molecule has 0 spiro atoms. The number of benzene rings is 1. The lowest BCUT2D eigenvalue weighted by Gasteiger charge is -2.02. The Labute approximate surface area is 105 Å². The third kappa shape index (κ3) is 2.68. The highest BCUT2D eigenvalue weighted by atomic mass is 16.1. The van der Waals surface area contributed by atoms with E-state index in [9.17, 15) is 4.79 Å². The summed E-state index contributed by atoms with van der Waals surface area (Å²) in [5.41, 5.74) is 7.74. The van der Waals surface area contributed by atoms with Crippen molar-refractivity contribution in [2.45, 2.75) is 19.8 Å². The van der Waals surface area contributed by atoms with Crippen molar-refractivity contribution in [2.24, 2.45) is 0 Å². The van der Waals surface area contributed by atoms with Crippen LogP contribution in [0.4, 0.5) is 11.5 Å². The van der Waals surface area contributed by atoms with Gasteiger partial charge in [-0.05, 0) is 30.2 Å². The van der Waals surface area contributed by atoms with Crippen LogP contribution >= 0.6 is 0 Å². The molecule has 1 aromatic carbocycles. The smallest absolute Gasteiger partial charge is 0.256 e. The van der Waals surface area contributed by atoms with Gasteiger partial charge in [-0.15, -0.1) is 0 Å². The third-order valence-corrected chi connectivity index (χ3v) is 2.63. The van der Waals surface area contributed by atoms with E-state index in [1.54, 1.807) is 24.3 Å². The number of amides is 1. The van der Waals surface area contributed by atoms with Crippen molar-refractivity contribution in [3.8, 4) is 0 Å². The summed E-state index contributed by atoms with van der Waals surface area (Å²) >= 11 is 0. The van der Waals surface area contributed by atoms with Crippen molar-refractivity contribution in [1.29, 1.82) is 0 Å². The first-order valence-corrected chi connectivity index (χ1v) is 5.78. The van der Waals surface area contributed by atoms with Crippen molar-refractivity contribution < 1.29 is 4.79 Å². The zero-order valence-corrected chi connectivity index (χ0v) is 10.4. The monoisotopic (exact) mass is 244 g/mol. The molecule has 1 amide bonds. The number of nitrogens with two attached hydrogens (primary N) is 1. The molecule has 1 aromatic heterocycles. The maximum Gasteiger partial charge on any atom is 0.256 e. The minimum absolute atomic E-state index is 0.197. The molecule has 0 saturated heterocycles. The number of hydrogen-bond donors (Lipinski definition) is 3. The van der Waals surface area contributed by atoms with Crippen LogP contribution in [0, 0.1) is 0 Å². The van der Waals surface area contributed by atoms with Crippen molar-refractivity contribution in [3.05, 3.63) is 41.6 Å². The molecular formula is C13H16N4O. The van der Waals surface area contributed by atoms with E-state index in [4.69, 9.17) is 5.73 Å². The number of nitrogen functional groups attached to an aromatic ring is 1. The predicted molar refractivity (Wildman–Crippen MR) is 71.5 cm³/mol. The molecule has 2 rings (SSSR count). The minimum atomic E-state index is -0.197. The second kappa shape index (κ2) is 4.91. The molecule has 2 aromatic rings. The zero-order valence-electron chi connectivity index (χ0n) is 10.4. The Kier molecular flexibility index (Phi) is 3.32. The molecule has 0 bridgehead atoms. The van der Waals surface area contributed by atoms with Gasteiger partial charge < -0.3 is 11.1 Å². The van der Waals surface area contributed by atoms with Crippen LogP contribution in [0.5, 0.6) is 0 Å². The molecule has 4 N–H and O–H groups in total. The van der Waals surface area contributed by atoms with Crippen LogP contribution in [0.15, 0.2) is 30.3 Å². The first-order chi connectivity index (χ1) is 8.56. The highest BCUT2D eigenvalue weighted by Gasteiger charge is 2.09. The zero-order chi connectivity index (χ0) is 13.1. The number of H-pyrrole nitrogens is 1. The maximum atomic E-state index is 11.9. The molecule has 0 atom stereocenters. The van der Waals surface area contributed by atoms with Crippen LogP contribution < -0.4 is 11.1 Å². The van der Waals surface area contributed by atoms with Crippen LogP contribution in [-0.4, -0.2) is 16.1 Å². The van der Waals surface area contributed by atoms with E-state index in [0.717, 1.165) is 5.69 Å². The normalized spacial score (nSPS) is 10.6. The average molecular weight is 244 g/mol.